The highest BCUT2D eigenvalue weighted by atomic mass is 16.5. The number of ether oxygens (including phenoxy) is 1. The smallest absolute Gasteiger partial charge is 0.338 e. The van der Waals surface area contributed by atoms with Crippen molar-refractivity contribution in [3.63, 3.8) is 0 Å². The van der Waals surface area contributed by atoms with Crippen LogP contribution in [0, 0.1) is 0 Å². The van der Waals surface area contributed by atoms with Crippen molar-refractivity contribution in [3.05, 3.63) is 70.8 Å². The first kappa shape index (κ1) is 12.4. The minimum absolute atomic E-state index is 0.252. The molecular weight excluding hydrogens is 254 g/mol. The summed E-state index contributed by atoms with van der Waals surface area (Å²) < 4.78 is 4.97. The van der Waals surface area contributed by atoms with E-state index in [0.29, 0.717) is 5.56 Å². The quantitative estimate of drug-likeness (QED) is 0.864. The third-order valence-corrected chi connectivity index (χ3v) is 3.46. The molecule has 3 rings (SSSR count). The Hall–Kier alpha value is -2.62. The van der Waals surface area contributed by atoms with Crippen LogP contribution in [0.2, 0.25) is 0 Å². The van der Waals surface area contributed by atoms with Crippen molar-refractivity contribution in [3.8, 4) is 0 Å². The molecule has 100 valence electrons. The number of cyclic esters (lactones) is 1. The van der Waals surface area contributed by atoms with Gasteiger partial charge in [0.25, 0.3) is 0 Å². The van der Waals surface area contributed by atoms with Crippen LogP contribution in [0.15, 0.2) is 48.5 Å². The maximum absolute atomic E-state index is 11.8. The molecule has 0 radical (unpaired) electrons. The number of amides is 1. The monoisotopic (exact) mass is 267 g/mol. The molecule has 0 saturated carbocycles. The normalized spacial score (nSPS) is 14.5. The van der Waals surface area contributed by atoms with Gasteiger partial charge >= 0.3 is 5.97 Å². The van der Waals surface area contributed by atoms with Crippen molar-refractivity contribution < 1.29 is 14.3 Å². The Kier molecular flexibility index (Phi) is 2.99. The second kappa shape index (κ2) is 4.81. The fourth-order valence-electron chi connectivity index (χ4n) is 2.50. The maximum Gasteiger partial charge on any atom is 0.338 e. The molecular formula is C16H13NO3. The second-order valence-corrected chi connectivity index (χ2v) is 4.74. The summed E-state index contributed by atoms with van der Waals surface area (Å²) in [6, 6.07) is 14.6. The Morgan fingerprint density at radius 1 is 1.10 bits per heavy atom. The van der Waals surface area contributed by atoms with Gasteiger partial charge in [0, 0.05) is 5.56 Å². The van der Waals surface area contributed by atoms with Crippen molar-refractivity contribution in [2.24, 2.45) is 5.73 Å². The summed E-state index contributed by atoms with van der Waals surface area (Å²) in [5.41, 5.74) is 8.51. The molecule has 1 atom stereocenters. The highest BCUT2D eigenvalue weighted by Crippen LogP contribution is 2.28. The van der Waals surface area contributed by atoms with Crippen molar-refractivity contribution in [1.82, 2.24) is 0 Å². The molecule has 0 saturated heterocycles. The van der Waals surface area contributed by atoms with Crippen LogP contribution in [0.1, 0.15) is 33.0 Å². The molecule has 1 aliphatic rings. The SMILES string of the molecule is NC(=O)C(c1ccccc1)c1ccc2c(c1)COC2=O. The lowest BCUT2D eigenvalue weighted by Crippen LogP contribution is -2.22. The van der Waals surface area contributed by atoms with E-state index in [1.807, 2.05) is 36.4 Å². The van der Waals surface area contributed by atoms with Gasteiger partial charge in [-0.2, -0.15) is 0 Å². The number of nitrogens with two attached hydrogens (primary N) is 1. The van der Waals surface area contributed by atoms with Crippen LogP contribution in [0.5, 0.6) is 0 Å². The fraction of sp³-hybridized carbons (Fsp3) is 0.125. The fourth-order valence-corrected chi connectivity index (χ4v) is 2.50. The van der Waals surface area contributed by atoms with E-state index in [0.717, 1.165) is 16.7 Å². The molecule has 1 amide bonds. The minimum Gasteiger partial charge on any atom is -0.457 e. The summed E-state index contributed by atoms with van der Waals surface area (Å²) in [7, 11) is 0. The molecule has 4 nitrogen and oxygen atoms in total. The predicted octanol–water partition coefficient (Wildman–Crippen LogP) is 1.97. The molecule has 0 aliphatic carbocycles. The lowest BCUT2D eigenvalue weighted by molar-refractivity contribution is -0.118. The summed E-state index contributed by atoms with van der Waals surface area (Å²) in [6.07, 6.45) is 0. The summed E-state index contributed by atoms with van der Waals surface area (Å²) in [5.74, 6) is -1.25. The zero-order valence-electron chi connectivity index (χ0n) is 10.7. The van der Waals surface area contributed by atoms with Gasteiger partial charge in [-0.3, -0.25) is 4.79 Å². The summed E-state index contributed by atoms with van der Waals surface area (Å²) in [6.45, 7) is 0.252. The van der Waals surface area contributed by atoms with E-state index in [-0.39, 0.29) is 12.6 Å². The van der Waals surface area contributed by atoms with E-state index in [9.17, 15) is 9.59 Å². The number of primary amides is 1. The van der Waals surface area contributed by atoms with Gasteiger partial charge < -0.3 is 10.5 Å². The molecule has 1 unspecified atom stereocenters. The number of benzene rings is 2. The second-order valence-electron chi connectivity index (χ2n) is 4.74. The summed E-state index contributed by atoms with van der Waals surface area (Å²) >= 11 is 0. The standard InChI is InChI=1S/C16H13NO3/c17-15(18)14(10-4-2-1-3-5-10)11-6-7-13-12(8-11)9-20-16(13)19/h1-8,14H,9H2,(H2,17,18). The molecule has 1 heterocycles. The number of rotatable bonds is 3. The van der Waals surface area contributed by atoms with Crippen LogP contribution in [-0.2, 0) is 16.1 Å². The Bertz CT molecular complexity index is 679. The van der Waals surface area contributed by atoms with Gasteiger partial charge in [-0.25, -0.2) is 4.79 Å². The van der Waals surface area contributed by atoms with Gasteiger partial charge in [0.1, 0.15) is 6.61 Å². The Morgan fingerprint density at radius 3 is 2.55 bits per heavy atom. The van der Waals surface area contributed by atoms with Gasteiger partial charge in [-0.15, -0.1) is 0 Å². The number of hydrogen-bond donors (Lipinski definition) is 1. The van der Waals surface area contributed by atoms with Crippen LogP contribution in [0.3, 0.4) is 0 Å². The number of carbonyl (C=O) groups is 2. The van der Waals surface area contributed by atoms with Gasteiger partial charge in [0.15, 0.2) is 0 Å². The predicted molar refractivity (Wildman–Crippen MR) is 73.0 cm³/mol. The van der Waals surface area contributed by atoms with E-state index < -0.39 is 11.8 Å². The lowest BCUT2D eigenvalue weighted by atomic mass is 9.89. The Balaban J connectivity index is 2.06. The van der Waals surface area contributed by atoms with E-state index in [1.54, 1.807) is 12.1 Å². The van der Waals surface area contributed by atoms with Crippen LogP contribution in [-0.4, -0.2) is 11.9 Å². The van der Waals surface area contributed by atoms with Crippen LogP contribution < -0.4 is 5.73 Å². The van der Waals surface area contributed by atoms with E-state index in [1.165, 1.54) is 0 Å². The van der Waals surface area contributed by atoms with Gasteiger partial charge in [-0.1, -0.05) is 42.5 Å². The molecule has 20 heavy (non-hydrogen) atoms. The zero-order valence-corrected chi connectivity index (χ0v) is 10.7. The highest BCUT2D eigenvalue weighted by molar-refractivity contribution is 5.94. The first-order chi connectivity index (χ1) is 9.66. The van der Waals surface area contributed by atoms with Crippen LogP contribution >= 0.6 is 0 Å². The number of esters is 1. The molecule has 0 fully saturated rings. The average molecular weight is 267 g/mol. The largest absolute Gasteiger partial charge is 0.457 e. The van der Waals surface area contributed by atoms with E-state index in [2.05, 4.69) is 0 Å². The molecule has 4 heteroatoms. The van der Waals surface area contributed by atoms with Crippen molar-refractivity contribution in [2.75, 3.05) is 0 Å². The number of carbonyl (C=O) groups excluding carboxylic acids is 2. The average Bonchev–Trinajstić information content (AvgIpc) is 2.81. The Morgan fingerprint density at radius 2 is 1.85 bits per heavy atom. The first-order valence-electron chi connectivity index (χ1n) is 6.31. The summed E-state index contributed by atoms with van der Waals surface area (Å²) in [4.78, 5) is 23.2. The third kappa shape index (κ3) is 2.05. The maximum atomic E-state index is 11.8. The first-order valence-corrected chi connectivity index (χ1v) is 6.31. The number of hydrogen-bond acceptors (Lipinski definition) is 3. The molecule has 0 spiro atoms. The lowest BCUT2D eigenvalue weighted by Gasteiger charge is -2.15. The van der Waals surface area contributed by atoms with E-state index in [4.69, 9.17) is 10.5 Å². The molecule has 1 aliphatic heterocycles. The van der Waals surface area contributed by atoms with Crippen molar-refractivity contribution in [1.29, 1.82) is 0 Å². The molecule has 2 N–H and O–H groups in total. The van der Waals surface area contributed by atoms with Crippen molar-refractivity contribution >= 4 is 11.9 Å². The molecule has 0 bridgehead atoms. The van der Waals surface area contributed by atoms with E-state index >= 15 is 0 Å². The number of fused-ring (bicyclic) bond motifs is 1. The zero-order chi connectivity index (χ0) is 14.1. The van der Waals surface area contributed by atoms with Gasteiger partial charge in [-0.05, 0) is 17.2 Å². The molecule has 2 aromatic carbocycles. The van der Waals surface area contributed by atoms with Crippen LogP contribution in [0.25, 0.3) is 0 Å². The van der Waals surface area contributed by atoms with Crippen molar-refractivity contribution in [2.45, 2.75) is 12.5 Å². The highest BCUT2D eigenvalue weighted by Gasteiger charge is 2.25. The third-order valence-electron chi connectivity index (χ3n) is 3.46. The van der Waals surface area contributed by atoms with Gasteiger partial charge in [0.2, 0.25) is 5.91 Å². The summed E-state index contributed by atoms with van der Waals surface area (Å²) in [5, 5.41) is 0. The van der Waals surface area contributed by atoms with Crippen LogP contribution in [0.4, 0.5) is 0 Å². The van der Waals surface area contributed by atoms with Gasteiger partial charge in [0.05, 0.1) is 11.5 Å². The Labute approximate surface area is 116 Å². The molecule has 0 aromatic heterocycles. The minimum atomic E-state index is -0.516. The topological polar surface area (TPSA) is 69.4 Å². The molecule has 2 aromatic rings.